The molecule has 0 bridgehead atoms. The monoisotopic (exact) mass is 546 g/mol. The number of halogens is 1. The van der Waals surface area contributed by atoms with Gasteiger partial charge in [0.15, 0.2) is 0 Å². The van der Waals surface area contributed by atoms with Gasteiger partial charge < -0.3 is 5.32 Å². The molecule has 0 fully saturated rings. The zero-order chi connectivity index (χ0) is 27.0. The first kappa shape index (κ1) is 26.3. The Kier molecular flexibility index (Phi) is 7.25. The maximum Gasteiger partial charge on any atom is 0.261 e. The Labute approximate surface area is 232 Å². The Morgan fingerprint density at radius 1 is 1.16 bits per heavy atom. The number of nitrogens with zero attached hydrogens (tertiary/aromatic N) is 3. The van der Waals surface area contributed by atoms with Crippen molar-refractivity contribution in [3.8, 4) is 0 Å². The summed E-state index contributed by atoms with van der Waals surface area (Å²) < 4.78 is 0. The lowest BCUT2D eigenvalue weighted by Crippen LogP contribution is -2.27. The third-order valence-electron chi connectivity index (χ3n) is 7.32. The van der Waals surface area contributed by atoms with Crippen LogP contribution >= 0.6 is 22.9 Å². The van der Waals surface area contributed by atoms with Crippen LogP contribution in [0.25, 0.3) is 0 Å². The summed E-state index contributed by atoms with van der Waals surface area (Å²) in [6.45, 7) is 8.65. The molecule has 0 unspecified atom stereocenters. The van der Waals surface area contributed by atoms with Gasteiger partial charge in [0, 0.05) is 21.8 Å². The summed E-state index contributed by atoms with van der Waals surface area (Å²) >= 11 is 7.59. The molecule has 2 aliphatic rings. The smallest absolute Gasteiger partial charge is 0.261 e. The zero-order valence-corrected chi connectivity index (χ0v) is 23.6. The van der Waals surface area contributed by atoms with Crippen LogP contribution in [0.4, 0.5) is 16.4 Å². The summed E-state index contributed by atoms with van der Waals surface area (Å²) in [6, 6.07) is 16.4. The Morgan fingerprint density at radius 3 is 2.55 bits per heavy atom. The molecule has 2 atom stereocenters. The molecule has 0 saturated carbocycles. The fourth-order valence-electron chi connectivity index (χ4n) is 5.01. The van der Waals surface area contributed by atoms with Crippen LogP contribution in [-0.4, -0.2) is 23.7 Å². The van der Waals surface area contributed by atoms with Crippen molar-refractivity contribution < 1.29 is 9.59 Å². The minimum Gasteiger partial charge on any atom is -0.322 e. The van der Waals surface area contributed by atoms with Crippen molar-refractivity contribution in [3.05, 3.63) is 75.6 Å². The molecule has 1 N–H and O–H groups in total. The molecule has 1 aliphatic carbocycles. The van der Waals surface area contributed by atoms with Gasteiger partial charge in [0.25, 0.3) is 11.8 Å². The van der Waals surface area contributed by atoms with Gasteiger partial charge in [0.2, 0.25) is 0 Å². The SMILES string of the molecule is CC1=NN(c2ccccc2)C(=O)[C@H]1C=Nc1sc2c(c1C(=O)Nc1ccc(Cl)cc1)CC[C@H](C(C)(C)C)C2. The second-order valence-corrected chi connectivity index (χ2v) is 12.5. The molecule has 5 rings (SSSR count). The lowest BCUT2D eigenvalue weighted by molar-refractivity contribution is -0.118. The molecule has 38 heavy (non-hydrogen) atoms. The first-order valence-electron chi connectivity index (χ1n) is 12.8. The largest absolute Gasteiger partial charge is 0.322 e. The Bertz CT molecular complexity index is 1420. The van der Waals surface area contributed by atoms with Crippen molar-refractivity contribution in [3.63, 3.8) is 0 Å². The molecule has 0 spiro atoms. The Hall–Kier alpha value is -3.29. The van der Waals surface area contributed by atoms with Crippen LogP contribution in [0.2, 0.25) is 5.02 Å². The number of amides is 2. The molecule has 2 heterocycles. The standard InChI is InChI=1S/C30H31ClN4O2S/c1-18-24(29(37)35(34-18)22-8-6-5-7-9-22)17-32-28-26(27(36)33-21-13-11-20(31)12-14-21)23-15-10-19(30(2,3)4)16-25(23)38-28/h5-9,11-14,17,19,24H,10,15-16H2,1-4H3,(H,33,36)/t19-,24-/m0/s1. The lowest BCUT2D eigenvalue weighted by Gasteiger charge is -2.33. The average Bonchev–Trinajstić information content (AvgIpc) is 3.39. The van der Waals surface area contributed by atoms with Crippen molar-refractivity contribution in [2.75, 3.05) is 10.3 Å². The van der Waals surface area contributed by atoms with Gasteiger partial charge in [-0.1, -0.05) is 50.6 Å². The predicted molar refractivity (Wildman–Crippen MR) is 157 cm³/mol. The number of fused-ring (bicyclic) bond motifs is 1. The summed E-state index contributed by atoms with van der Waals surface area (Å²) in [5, 5.41) is 10.2. The van der Waals surface area contributed by atoms with Gasteiger partial charge in [-0.15, -0.1) is 11.3 Å². The highest BCUT2D eigenvalue weighted by Gasteiger charge is 2.35. The van der Waals surface area contributed by atoms with Gasteiger partial charge >= 0.3 is 0 Å². The minimum absolute atomic E-state index is 0.154. The van der Waals surface area contributed by atoms with Crippen LogP contribution in [0.3, 0.4) is 0 Å². The number of anilines is 2. The third kappa shape index (κ3) is 5.31. The number of thiophene rings is 1. The summed E-state index contributed by atoms with van der Waals surface area (Å²) in [4.78, 5) is 32.8. The number of nitrogens with one attached hydrogen (secondary N) is 1. The van der Waals surface area contributed by atoms with Crippen LogP contribution < -0.4 is 10.3 Å². The third-order valence-corrected chi connectivity index (χ3v) is 8.74. The van der Waals surface area contributed by atoms with E-state index in [9.17, 15) is 9.59 Å². The number of aliphatic imine (C=N–C) groups is 1. The van der Waals surface area contributed by atoms with Gasteiger partial charge in [0.1, 0.15) is 10.9 Å². The van der Waals surface area contributed by atoms with E-state index in [-0.39, 0.29) is 17.2 Å². The van der Waals surface area contributed by atoms with Crippen LogP contribution in [0.5, 0.6) is 0 Å². The van der Waals surface area contributed by atoms with Gasteiger partial charge in [0.05, 0.1) is 17.0 Å². The predicted octanol–water partition coefficient (Wildman–Crippen LogP) is 7.55. The number of hydrogen-bond donors (Lipinski definition) is 1. The van der Waals surface area contributed by atoms with E-state index in [4.69, 9.17) is 16.6 Å². The van der Waals surface area contributed by atoms with Crippen molar-refractivity contribution in [2.45, 2.75) is 47.0 Å². The molecule has 6 nitrogen and oxygen atoms in total. The van der Waals surface area contributed by atoms with Crippen LogP contribution in [0.15, 0.2) is 64.7 Å². The van der Waals surface area contributed by atoms with Gasteiger partial charge in [-0.3, -0.25) is 9.59 Å². The highest BCUT2D eigenvalue weighted by molar-refractivity contribution is 7.16. The first-order chi connectivity index (χ1) is 18.1. The molecular formula is C30H31ClN4O2S. The van der Waals surface area contributed by atoms with Gasteiger partial charge in [-0.25, -0.2) is 4.99 Å². The maximum atomic E-state index is 13.6. The quantitative estimate of drug-likeness (QED) is 0.335. The molecule has 8 heteroatoms. The summed E-state index contributed by atoms with van der Waals surface area (Å²) in [6.07, 6.45) is 4.42. The molecule has 2 amide bonds. The normalized spacial score (nSPS) is 19.6. The molecule has 2 aromatic carbocycles. The van der Waals surface area contributed by atoms with Crippen LogP contribution in [-0.2, 0) is 17.6 Å². The number of benzene rings is 2. The van der Waals surface area contributed by atoms with E-state index in [1.165, 1.54) is 9.89 Å². The molecule has 196 valence electrons. The summed E-state index contributed by atoms with van der Waals surface area (Å²) in [5.41, 5.74) is 3.91. The number of carbonyl (C=O) groups excluding carboxylic acids is 2. The number of rotatable bonds is 5. The van der Waals surface area contributed by atoms with Crippen LogP contribution in [0.1, 0.15) is 54.9 Å². The number of hydrazone groups is 1. The lowest BCUT2D eigenvalue weighted by atomic mass is 9.72. The van der Waals surface area contributed by atoms with Crippen molar-refractivity contribution >= 4 is 63.1 Å². The summed E-state index contributed by atoms with van der Waals surface area (Å²) in [5.74, 6) is -0.398. The zero-order valence-electron chi connectivity index (χ0n) is 22.0. The van der Waals surface area contributed by atoms with E-state index in [0.29, 0.717) is 32.9 Å². The van der Waals surface area contributed by atoms with E-state index in [2.05, 4.69) is 31.2 Å². The first-order valence-corrected chi connectivity index (χ1v) is 14.0. The van der Waals surface area contributed by atoms with Gasteiger partial charge in [-0.2, -0.15) is 10.1 Å². The van der Waals surface area contributed by atoms with Crippen LogP contribution in [0, 0.1) is 17.3 Å². The van der Waals surface area contributed by atoms with Crippen molar-refractivity contribution in [1.29, 1.82) is 0 Å². The molecule has 0 saturated heterocycles. The fraction of sp³-hybridized carbons (Fsp3) is 0.333. The minimum atomic E-state index is -0.580. The number of carbonyl (C=O) groups is 2. The highest BCUT2D eigenvalue weighted by Crippen LogP contribution is 2.45. The molecule has 1 aliphatic heterocycles. The second-order valence-electron chi connectivity index (χ2n) is 10.9. The van der Waals surface area contributed by atoms with E-state index in [0.717, 1.165) is 30.5 Å². The topological polar surface area (TPSA) is 74.1 Å². The second kappa shape index (κ2) is 10.5. The van der Waals surface area contributed by atoms with E-state index in [1.807, 2.05) is 37.3 Å². The summed E-state index contributed by atoms with van der Waals surface area (Å²) in [7, 11) is 0. The number of para-hydroxylation sites is 1. The fourth-order valence-corrected chi connectivity index (χ4v) is 6.41. The van der Waals surface area contributed by atoms with E-state index >= 15 is 0 Å². The van der Waals surface area contributed by atoms with Crippen molar-refractivity contribution in [2.24, 2.45) is 27.3 Å². The average molecular weight is 547 g/mol. The maximum absolute atomic E-state index is 13.6. The van der Waals surface area contributed by atoms with Gasteiger partial charge in [-0.05, 0) is 79.5 Å². The Morgan fingerprint density at radius 2 is 1.87 bits per heavy atom. The van der Waals surface area contributed by atoms with E-state index < -0.39 is 5.92 Å². The van der Waals surface area contributed by atoms with Crippen molar-refractivity contribution in [1.82, 2.24) is 0 Å². The van der Waals surface area contributed by atoms with E-state index in [1.54, 1.807) is 41.8 Å². The molecular weight excluding hydrogens is 516 g/mol. The molecule has 0 radical (unpaired) electrons. The molecule has 1 aromatic heterocycles. The molecule has 3 aromatic rings. The number of hydrogen-bond acceptors (Lipinski definition) is 5. The Balaban J connectivity index is 1.46. The highest BCUT2D eigenvalue weighted by atomic mass is 35.5.